The van der Waals surface area contributed by atoms with Gasteiger partial charge in [0.2, 0.25) is 17.7 Å². The highest BCUT2D eigenvalue weighted by atomic mass is 16.5. The van der Waals surface area contributed by atoms with Gasteiger partial charge >= 0.3 is 0 Å². The van der Waals surface area contributed by atoms with Crippen LogP contribution in [0.5, 0.6) is 0 Å². The molecule has 1 unspecified atom stereocenters. The van der Waals surface area contributed by atoms with Crippen molar-refractivity contribution in [2.45, 2.75) is 45.6 Å². The molecule has 3 N–H and O–H groups in total. The SMILES string of the molecule is CNNC(=O)COCCC(C)(C)NC(=O)CCN1C(=O)CC(C)C1=O. The fraction of sp³-hybridized carbons (Fsp3) is 0.750. The van der Waals surface area contributed by atoms with E-state index in [9.17, 15) is 19.2 Å². The Bertz CT molecular complexity index is 521. The quantitative estimate of drug-likeness (QED) is 0.271. The first kappa shape index (κ1) is 21.0. The third-order valence-electron chi connectivity index (χ3n) is 3.88. The van der Waals surface area contributed by atoms with E-state index < -0.39 is 5.54 Å². The highest BCUT2D eigenvalue weighted by Gasteiger charge is 2.35. The number of hydrogen-bond donors (Lipinski definition) is 3. The second-order valence-electron chi connectivity index (χ2n) is 6.77. The van der Waals surface area contributed by atoms with Crippen molar-refractivity contribution in [3.8, 4) is 0 Å². The number of hydrogen-bond acceptors (Lipinski definition) is 6. The summed E-state index contributed by atoms with van der Waals surface area (Å²) in [5, 5.41) is 2.85. The number of carbonyl (C=O) groups is 4. The molecule has 0 aromatic heterocycles. The Kier molecular flexibility index (Phi) is 7.98. The average molecular weight is 356 g/mol. The lowest BCUT2D eigenvalue weighted by atomic mass is 10.0. The molecule has 0 bridgehead atoms. The third-order valence-corrected chi connectivity index (χ3v) is 3.88. The van der Waals surface area contributed by atoms with Crippen molar-refractivity contribution in [2.24, 2.45) is 5.92 Å². The third kappa shape index (κ3) is 7.18. The minimum Gasteiger partial charge on any atom is -0.371 e. The summed E-state index contributed by atoms with van der Waals surface area (Å²) >= 11 is 0. The molecule has 0 saturated carbocycles. The number of likely N-dealkylation sites (tertiary alicyclic amines) is 1. The molecule has 0 aliphatic carbocycles. The van der Waals surface area contributed by atoms with Crippen molar-refractivity contribution in [1.29, 1.82) is 0 Å². The van der Waals surface area contributed by atoms with E-state index in [0.717, 1.165) is 4.90 Å². The predicted octanol–water partition coefficient (Wildman–Crippen LogP) is -0.676. The van der Waals surface area contributed by atoms with Gasteiger partial charge in [0, 0.05) is 44.5 Å². The Morgan fingerprint density at radius 1 is 1.28 bits per heavy atom. The van der Waals surface area contributed by atoms with Crippen LogP contribution in [0, 0.1) is 5.92 Å². The molecule has 9 heteroatoms. The lowest BCUT2D eigenvalue weighted by molar-refractivity contribution is -0.139. The molecule has 4 amide bonds. The minimum atomic E-state index is -0.525. The molecular weight excluding hydrogens is 328 g/mol. The maximum atomic E-state index is 12.1. The molecule has 1 saturated heterocycles. The summed E-state index contributed by atoms with van der Waals surface area (Å²) in [5.74, 6) is -1.26. The fourth-order valence-corrected chi connectivity index (χ4v) is 2.47. The summed E-state index contributed by atoms with van der Waals surface area (Å²) in [5.41, 5.74) is 4.37. The second-order valence-corrected chi connectivity index (χ2v) is 6.77. The van der Waals surface area contributed by atoms with E-state index >= 15 is 0 Å². The van der Waals surface area contributed by atoms with Gasteiger partial charge < -0.3 is 10.1 Å². The van der Waals surface area contributed by atoms with E-state index in [1.54, 1.807) is 14.0 Å². The van der Waals surface area contributed by atoms with Crippen molar-refractivity contribution in [1.82, 2.24) is 21.1 Å². The molecule has 0 aromatic carbocycles. The Morgan fingerprint density at radius 3 is 2.52 bits per heavy atom. The monoisotopic (exact) mass is 356 g/mol. The van der Waals surface area contributed by atoms with E-state index in [1.165, 1.54) is 0 Å². The van der Waals surface area contributed by atoms with Gasteiger partial charge in [0.1, 0.15) is 6.61 Å². The second kappa shape index (κ2) is 9.47. The van der Waals surface area contributed by atoms with Gasteiger partial charge in [0.25, 0.3) is 5.91 Å². The van der Waals surface area contributed by atoms with Crippen molar-refractivity contribution >= 4 is 23.6 Å². The van der Waals surface area contributed by atoms with Crippen LogP contribution in [0.4, 0.5) is 0 Å². The van der Waals surface area contributed by atoms with Crippen LogP contribution in [-0.4, -0.2) is 60.9 Å². The Labute approximate surface area is 147 Å². The van der Waals surface area contributed by atoms with E-state index in [4.69, 9.17) is 4.74 Å². The zero-order valence-electron chi connectivity index (χ0n) is 15.3. The van der Waals surface area contributed by atoms with Crippen molar-refractivity contribution in [2.75, 3.05) is 26.8 Å². The summed E-state index contributed by atoms with van der Waals surface area (Å²) < 4.78 is 5.25. The normalized spacial score (nSPS) is 17.8. The smallest absolute Gasteiger partial charge is 0.260 e. The molecule has 0 aromatic rings. The maximum Gasteiger partial charge on any atom is 0.260 e. The molecule has 1 atom stereocenters. The van der Waals surface area contributed by atoms with Gasteiger partial charge in [0.05, 0.1) is 0 Å². The Hall–Kier alpha value is -2.00. The molecule has 0 spiro atoms. The lowest BCUT2D eigenvalue weighted by Gasteiger charge is -2.26. The van der Waals surface area contributed by atoms with Crippen LogP contribution in [0.1, 0.15) is 40.0 Å². The number of rotatable bonds is 10. The number of ether oxygens (including phenoxy) is 1. The zero-order valence-corrected chi connectivity index (χ0v) is 15.3. The van der Waals surface area contributed by atoms with Gasteiger partial charge in [-0.1, -0.05) is 6.92 Å². The molecule has 25 heavy (non-hydrogen) atoms. The van der Waals surface area contributed by atoms with Crippen LogP contribution in [0.2, 0.25) is 0 Å². The van der Waals surface area contributed by atoms with E-state index in [1.807, 2.05) is 13.8 Å². The number of carbonyl (C=O) groups excluding carboxylic acids is 4. The maximum absolute atomic E-state index is 12.1. The molecule has 142 valence electrons. The van der Waals surface area contributed by atoms with Gasteiger partial charge in [-0.25, -0.2) is 5.43 Å². The molecule has 1 aliphatic heterocycles. The van der Waals surface area contributed by atoms with Crippen molar-refractivity contribution in [3.05, 3.63) is 0 Å². The number of imide groups is 1. The largest absolute Gasteiger partial charge is 0.371 e. The molecule has 9 nitrogen and oxygen atoms in total. The first-order chi connectivity index (χ1) is 11.7. The van der Waals surface area contributed by atoms with E-state index in [-0.39, 0.29) is 55.5 Å². The number of amides is 4. The van der Waals surface area contributed by atoms with Crippen LogP contribution < -0.4 is 16.2 Å². The van der Waals surface area contributed by atoms with Gasteiger partial charge in [-0.05, 0) is 20.3 Å². The first-order valence-electron chi connectivity index (χ1n) is 8.35. The van der Waals surface area contributed by atoms with Crippen LogP contribution in [0.15, 0.2) is 0 Å². The summed E-state index contributed by atoms with van der Waals surface area (Å²) in [7, 11) is 1.58. The van der Waals surface area contributed by atoms with Gasteiger partial charge in [-0.15, -0.1) is 0 Å². The first-order valence-corrected chi connectivity index (χ1v) is 8.35. The van der Waals surface area contributed by atoms with E-state index in [0.29, 0.717) is 13.0 Å². The molecule has 1 aliphatic rings. The van der Waals surface area contributed by atoms with E-state index in [2.05, 4.69) is 16.2 Å². The predicted molar refractivity (Wildman–Crippen MR) is 90.0 cm³/mol. The van der Waals surface area contributed by atoms with Gasteiger partial charge in [0.15, 0.2) is 0 Å². The van der Waals surface area contributed by atoms with Crippen molar-refractivity contribution in [3.63, 3.8) is 0 Å². The summed E-state index contributed by atoms with van der Waals surface area (Å²) in [4.78, 5) is 47.9. The lowest BCUT2D eigenvalue weighted by Crippen LogP contribution is -2.45. The van der Waals surface area contributed by atoms with Gasteiger partial charge in [-0.2, -0.15) is 0 Å². The highest BCUT2D eigenvalue weighted by molar-refractivity contribution is 6.03. The molecule has 1 fully saturated rings. The Balaban J connectivity index is 2.29. The summed E-state index contributed by atoms with van der Waals surface area (Å²) in [6.07, 6.45) is 0.799. The minimum absolute atomic E-state index is 0.0672. The topological polar surface area (TPSA) is 117 Å². The zero-order chi connectivity index (χ0) is 19.0. The molecule has 0 radical (unpaired) electrons. The van der Waals surface area contributed by atoms with Crippen LogP contribution >= 0.6 is 0 Å². The fourth-order valence-electron chi connectivity index (χ4n) is 2.47. The van der Waals surface area contributed by atoms with Gasteiger partial charge in [-0.3, -0.25) is 29.5 Å². The number of nitrogens with zero attached hydrogens (tertiary/aromatic N) is 1. The van der Waals surface area contributed by atoms with Crippen molar-refractivity contribution < 1.29 is 23.9 Å². The Morgan fingerprint density at radius 2 is 1.96 bits per heavy atom. The molecule has 1 rings (SSSR count). The molecule has 1 heterocycles. The standard InChI is InChI=1S/C16H28N4O5/c1-11-9-14(23)20(15(11)24)7-5-12(21)18-16(2,3)6-8-25-10-13(22)19-17-4/h11,17H,5-10H2,1-4H3,(H,18,21)(H,19,22). The van der Waals surface area contributed by atoms with Crippen LogP contribution in [0.3, 0.4) is 0 Å². The summed E-state index contributed by atoms with van der Waals surface area (Å²) in [6, 6.07) is 0. The summed E-state index contributed by atoms with van der Waals surface area (Å²) in [6.45, 7) is 5.74. The highest BCUT2D eigenvalue weighted by Crippen LogP contribution is 2.18. The molecular formula is C16H28N4O5. The van der Waals surface area contributed by atoms with Crippen LogP contribution in [-0.2, 0) is 23.9 Å². The van der Waals surface area contributed by atoms with Crippen LogP contribution in [0.25, 0.3) is 0 Å². The average Bonchev–Trinajstić information content (AvgIpc) is 2.74. The number of hydrazine groups is 1. The number of nitrogens with one attached hydrogen (secondary N) is 3.